The standard InChI is InChI=1S/3C37H26NSSi.Ir/c3*1-4-13-31(14-5-1)40(32-15-6-2-7-16-32,33-17-8-3-9-18-33)34-23-20-28(21-24-34)30-22-25-35(38-27-30)37-26-29-12-10-11-19-36(29)39-37;/h3*1-25,27H;/q3*-1;+3. The molecule has 0 fully saturated rings. The number of hydrogen-bond donors (Lipinski definition) is 0. The normalized spacial score (nSPS) is 11.4. The maximum atomic E-state index is 4.82. The van der Waals surface area contributed by atoms with Gasteiger partial charge in [0.1, 0.15) is 0 Å². The van der Waals surface area contributed by atoms with E-state index in [-0.39, 0.29) is 20.1 Å². The number of thiophene rings is 3. The Hall–Kier alpha value is -13.1. The molecule has 0 N–H and O–H groups in total. The molecule has 0 spiro atoms. The molecular weight excluding hydrogens is 1750 g/mol. The number of fused-ring (bicyclic) bond motifs is 3. The number of rotatable bonds is 18. The largest absolute Gasteiger partial charge is 3.00 e. The second-order valence-electron chi connectivity index (χ2n) is 29.7. The van der Waals surface area contributed by atoms with Crippen molar-refractivity contribution >= 4 is 151 Å². The number of aromatic nitrogens is 3. The Kier molecular flexibility index (Phi) is 23.7. The molecule has 121 heavy (non-hydrogen) atoms. The van der Waals surface area contributed by atoms with Crippen molar-refractivity contribution in [3.8, 4) is 65.1 Å². The summed E-state index contributed by atoms with van der Waals surface area (Å²) in [6.07, 6.45) is 5.95. The van der Waals surface area contributed by atoms with Crippen molar-refractivity contribution in [2.45, 2.75) is 0 Å². The van der Waals surface area contributed by atoms with E-state index in [2.05, 4.69) is 473 Å². The predicted octanol–water partition coefficient (Wildman–Crippen LogP) is 20.4. The van der Waals surface area contributed by atoms with Crippen LogP contribution in [0.1, 0.15) is 0 Å². The average Bonchev–Trinajstić information content (AvgIpc) is 1.01. The van der Waals surface area contributed by atoms with Gasteiger partial charge in [-0.1, -0.05) is 419 Å². The summed E-state index contributed by atoms with van der Waals surface area (Å²) in [7, 11) is -7.53. The summed E-state index contributed by atoms with van der Waals surface area (Å²) >= 11 is 5.21. The first-order chi connectivity index (χ1) is 59.5. The molecule has 0 aliphatic rings. The van der Waals surface area contributed by atoms with Crippen LogP contribution in [0.3, 0.4) is 0 Å². The van der Waals surface area contributed by atoms with Crippen LogP contribution in [0.25, 0.3) is 95.4 Å². The van der Waals surface area contributed by atoms with E-state index in [1.807, 2.05) is 18.6 Å². The SMILES string of the molecule is [Ir+3].[c-]1c(-c2ccc(-c3ccc([Si](c4ccccc4)(c4ccccc4)c4ccccc4)cc3)cn2)sc2ccccc12.[c-]1c(-c2ccc(-c3ccc([Si](c4ccccc4)(c4ccccc4)c4ccccc4)cc3)cn2)sc2ccccc12.[c-]1c(-c2ccc(-c3ccc([Si](c4ccccc4)(c4ccccc4)c4ccccc4)cc3)cn2)sc2ccccc12. The third-order valence-electron chi connectivity index (χ3n) is 22.8. The molecule has 3 nitrogen and oxygen atoms in total. The van der Waals surface area contributed by atoms with Gasteiger partial charge in [-0.3, -0.25) is 0 Å². The molecule has 6 heterocycles. The summed E-state index contributed by atoms with van der Waals surface area (Å²) in [5.74, 6) is 0. The molecule has 15 aromatic carbocycles. The Morgan fingerprint density at radius 2 is 0.331 bits per heavy atom. The monoisotopic (exact) mass is 1830 g/mol. The quantitative estimate of drug-likeness (QED) is 0.0488. The molecule has 576 valence electrons. The van der Waals surface area contributed by atoms with Crippen molar-refractivity contribution in [1.29, 1.82) is 0 Å². The maximum Gasteiger partial charge on any atom is 3.00 e. The minimum Gasteiger partial charge on any atom is -0.303 e. The molecule has 0 bridgehead atoms. The zero-order valence-corrected chi connectivity index (χ0v) is 73.8. The molecule has 0 aliphatic carbocycles. The fourth-order valence-corrected chi connectivity index (χ4v) is 34.3. The topological polar surface area (TPSA) is 38.7 Å². The van der Waals surface area contributed by atoms with Crippen molar-refractivity contribution < 1.29 is 20.1 Å². The van der Waals surface area contributed by atoms with Crippen LogP contribution < -0.4 is 62.2 Å². The number of hydrogen-bond acceptors (Lipinski definition) is 6. The van der Waals surface area contributed by atoms with E-state index in [0.717, 1.165) is 64.6 Å². The molecule has 6 aromatic heterocycles. The van der Waals surface area contributed by atoms with Gasteiger partial charge >= 0.3 is 20.1 Å². The summed E-state index contributed by atoms with van der Waals surface area (Å²) in [4.78, 5) is 17.7. The first-order valence-electron chi connectivity index (χ1n) is 40.4. The van der Waals surface area contributed by atoms with Crippen molar-refractivity contribution in [2.75, 3.05) is 0 Å². The molecule has 0 amide bonds. The summed E-state index contributed by atoms with van der Waals surface area (Å²) in [5.41, 5.74) is 9.73. The van der Waals surface area contributed by atoms with Crippen LogP contribution in [0.5, 0.6) is 0 Å². The number of benzene rings is 15. The van der Waals surface area contributed by atoms with Gasteiger partial charge in [-0.05, 0) is 124 Å². The van der Waals surface area contributed by atoms with Crippen molar-refractivity contribution in [1.82, 2.24) is 15.0 Å². The summed E-state index contributed by atoms with van der Waals surface area (Å²) in [6, 6.07) is 175. The predicted molar refractivity (Wildman–Crippen MR) is 519 cm³/mol. The van der Waals surface area contributed by atoms with Gasteiger partial charge in [0, 0.05) is 35.7 Å². The van der Waals surface area contributed by atoms with Crippen LogP contribution in [0.15, 0.2) is 474 Å². The fourth-order valence-electron chi connectivity index (χ4n) is 17.1. The first kappa shape index (κ1) is 79.1. The van der Waals surface area contributed by atoms with Crippen LogP contribution in [0.2, 0.25) is 0 Å². The van der Waals surface area contributed by atoms with Crippen LogP contribution in [-0.4, -0.2) is 39.2 Å². The molecule has 0 radical (unpaired) electrons. The number of nitrogens with zero attached hydrogens (tertiary/aromatic N) is 3. The summed E-state index contributed by atoms with van der Waals surface area (Å²) in [6.45, 7) is 0. The van der Waals surface area contributed by atoms with Crippen molar-refractivity contribution in [3.05, 3.63) is 492 Å². The van der Waals surface area contributed by atoms with Gasteiger partial charge in [0.05, 0.1) is 0 Å². The first-order valence-corrected chi connectivity index (χ1v) is 48.9. The molecular formula is C111H78IrN3S3Si3. The third kappa shape index (κ3) is 15.9. The average molecular weight is 1830 g/mol. The molecule has 0 aliphatic heterocycles. The van der Waals surface area contributed by atoms with Gasteiger partial charge in [0.2, 0.25) is 0 Å². The molecule has 0 unspecified atom stereocenters. The van der Waals surface area contributed by atoms with Gasteiger partial charge in [0.25, 0.3) is 0 Å². The molecule has 21 rings (SSSR count). The smallest absolute Gasteiger partial charge is 0.303 e. The van der Waals surface area contributed by atoms with E-state index in [0.29, 0.717) is 0 Å². The van der Waals surface area contributed by atoms with Crippen LogP contribution in [0, 0.1) is 18.2 Å². The Morgan fingerprint density at radius 1 is 0.165 bits per heavy atom. The minimum atomic E-state index is -2.51. The molecule has 21 aromatic rings. The molecule has 10 heteroatoms. The van der Waals surface area contributed by atoms with Gasteiger partial charge in [-0.25, -0.2) is 34.0 Å². The van der Waals surface area contributed by atoms with Crippen LogP contribution >= 0.6 is 34.0 Å². The van der Waals surface area contributed by atoms with E-state index < -0.39 is 24.2 Å². The van der Waals surface area contributed by atoms with E-state index in [4.69, 9.17) is 15.0 Å². The minimum absolute atomic E-state index is 0. The summed E-state index contributed by atoms with van der Waals surface area (Å²) < 4.78 is 3.71. The van der Waals surface area contributed by atoms with Gasteiger partial charge in [0.15, 0.2) is 24.2 Å². The third-order valence-corrected chi connectivity index (χ3v) is 40.5. The molecule has 0 atom stereocenters. The second-order valence-corrected chi connectivity index (χ2v) is 44.3. The Morgan fingerprint density at radius 3 is 0.504 bits per heavy atom. The number of pyridine rings is 3. The Balaban J connectivity index is 0.000000124. The Bertz CT molecular complexity index is 5880. The van der Waals surface area contributed by atoms with Crippen LogP contribution in [0.4, 0.5) is 0 Å². The molecule has 0 saturated carbocycles. The molecule has 0 saturated heterocycles. The van der Waals surface area contributed by atoms with Crippen LogP contribution in [-0.2, 0) is 20.1 Å². The van der Waals surface area contributed by atoms with E-state index in [1.54, 1.807) is 34.0 Å². The summed E-state index contributed by atoms with van der Waals surface area (Å²) in [5, 5.41) is 20.0. The van der Waals surface area contributed by atoms with E-state index in [1.165, 1.54) is 93.0 Å². The zero-order chi connectivity index (χ0) is 80.3. The van der Waals surface area contributed by atoms with Gasteiger partial charge in [-0.15, -0.1) is 70.8 Å². The van der Waals surface area contributed by atoms with Gasteiger partial charge in [-0.2, -0.15) is 0 Å². The van der Waals surface area contributed by atoms with Gasteiger partial charge < -0.3 is 15.0 Å². The second kappa shape index (κ2) is 36.3. The maximum absolute atomic E-state index is 4.82. The van der Waals surface area contributed by atoms with Crippen molar-refractivity contribution in [3.63, 3.8) is 0 Å². The Labute approximate surface area is 736 Å². The van der Waals surface area contributed by atoms with E-state index >= 15 is 0 Å². The van der Waals surface area contributed by atoms with E-state index in [9.17, 15) is 0 Å². The van der Waals surface area contributed by atoms with Crippen molar-refractivity contribution in [2.24, 2.45) is 0 Å². The fraction of sp³-hybridized carbons (Fsp3) is 0. The zero-order valence-electron chi connectivity index (χ0n) is 65.9.